The molecule has 1 saturated heterocycles. The lowest BCUT2D eigenvalue weighted by Gasteiger charge is -2.29. The van der Waals surface area contributed by atoms with Crippen molar-refractivity contribution in [3.8, 4) is 0 Å². The smallest absolute Gasteiger partial charge is 0.412 e. The van der Waals surface area contributed by atoms with E-state index in [9.17, 15) is 9.90 Å². The van der Waals surface area contributed by atoms with E-state index in [0.717, 1.165) is 0 Å². The van der Waals surface area contributed by atoms with Crippen molar-refractivity contribution in [2.24, 2.45) is 5.92 Å². The van der Waals surface area contributed by atoms with Gasteiger partial charge in [0, 0.05) is 19.8 Å². The molecule has 0 aromatic carbocycles. The zero-order valence-electron chi connectivity index (χ0n) is 11.1. The molecule has 1 unspecified atom stereocenters. The fraction of sp³-hybridized carbons (Fsp3) is 0.750. The summed E-state index contributed by atoms with van der Waals surface area (Å²) < 4.78 is 12.7. The molecule has 16 heavy (non-hydrogen) atoms. The molecule has 0 radical (unpaired) electrons. The molecule has 4 heteroatoms. The van der Waals surface area contributed by atoms with Gasteiger partial charge in [-0.05, 0) is 27.7 Å². The van der Waals surface area contributed by atoms with Gasteiger partial charge >= 0.3 is 6.09 Å². The Labute approximate surface area is 98.3 Å². The van der Waals surface area contributed by atoms with Crippen molar-refractivity contribution >= 4 is 6.09 Å². The summed E-state index contributed by atoms with van der Waals surface area (Å²) >= 11 is 0. The van der Waals surface area contributed by atoms with E-state index in [-0.39, 0.29) is 18.9 Å². The Bertz CT molecular complexity index is 301. The minimum atomic E-state index is -0.886. The largest absolute Gasteiger partial charge is 0.444 e. The Hall–Kier alpha value is -1.03. The first-order valence-electron chi connectivity index (χ1n) is 6.12. The standard InChI is InChI=1S/C12H21NO3/c1-6-9-7-10(14)13(8(9)2)11(15)16-12(3,4)5/h6,8-10,14H,1,7H2,2-5H3/t8-,9+,10?/m1/s1/i2T. The number of rotatable bonds is 1. The molecule has 92 valence electrons. The van der Waals surface area contributed by atoms with Crippen LogP contribution in [0.3, 0.4) is 0 Å². The van der Waals surface area contributed by atoms with Crippen LogP contribution in [0.1, 0.15) is 35.5 Å². The van der Waals surface area contributed by atoms with Crippen LogP contribution in [0.25, 0.3) is 0 Å². The van der Waals surface area contributed by atoms with Crippen molar-refractivity contribution in [3.05, 3.63) is 12.7 Å². The Morgan fingerprint density at radius 3 is 2.75 bits per heavy atom. The van der Waals surface area contributed by atoms with Gasteiger partial charge in [-0.2, -0.15) is 0 Å². The predicted octanol–water partition coefficient (Wildman–Crippen LogP) is 2.14. The van der Waals surface area contributed by atoms with E-state index in [1.807, 2.05) is 0 Å². The van der Waals surface area contributed by atoms with Crippen molar-refractivity contribution in [3.63, 3.8) is 0 Å². The van der Waals surface area contributed by atoms with Crippen LogP contribution in [0.4, 0.5) is 4.79 Å². The highest BCUT2D eigenvalue weighted by Crippen LogP contribution is 2.30. The highest BCUT2D eigenvalue weighted by molar-refractivity contribution is 5.69. The van der Waals surface area contributed by atoms with Gasteiger partial charge in [0.1, 0.15) is 11.8 Å². The number of hydrogen-bond donors (Lipinski definition) is 1. The fourth-order valence-electron chi connectivity index (χ4n) is 1.77. The quantitative estimate of drug-likeness (QED) is 0.701. The molecule has 1 N–H and O–H groups in total. The molecule has 1 amide bonds. The average Bonchev–Trinajstić information content (AvgIpc) is 2.51. The Morgan fingerprint density at radius 2 is 2.31 bits per heavy atom. The first-order valence-corrected chi connectivity index (χ1v) is 5.41. The molecule has 1 aliphatic heterocycles. The van der Waals surface area contributed by atoms with Crippen LogP contribution >= 0.6 is 0 Å². The number of ether oxygens (including phenoxy) is 1. The maximum atomic E-state index is 11.9. The highest BCUT2D eigenvalue weighted by Gasteiger charge is 2.40. The number of amides is 1. The Kier molecular flexibility index (Phi) is 3.19. The van der Waals surface area contributed by atoms with Crippen molar-refractivity contribution in [1.82, 2.24) is 4.90 Å². The minimum Gasteiger partial charge on any atom is -0.444 e. The number of nitrogens with zero attached hydrogens (tertiary/aromatic N) is 1. The fourth-order valence-corrected chi connectivity index (χ4v) is 1.77. The molecule has 1 rings (SSSR count). The lowest BCUT2D eigenvalue weighted by molar-refractivity contribution is -0.0224. The van der Waals surface area contributed by atoms with Crippen LogP contribution in [-0.4, -0.2) is 34.0 Å². The number of likely N-dealkylation sites (tertiary alicyclic amines) is 1. The van der Waals surface area contributed by atoms with Crippen LogP contribution in [0.15, 0.2) is 12.7 Å². The summed E-state index contributed by atoms with van der Waals surface area (Å²) in [5.74, 6) is -0.0463. The van der Waals surface area contributed by atoms with Crippen molar-refractivity contribution in [2.75, 3.05) is 0 Å². The van der Waals surface area contributed by atoms with Gasteiger partial charge in [-0.3, -0.25) is 4.90 Å². The van der Waals surface area contributed by atoms with E-state index in [2.05, 4.69) is 6.58 Å². The summed E-state index contributed by atoms with van der Waals surface area (Å²) in [4.78, 5) is 13.2. The molecule has 1 heterocycles. The zero-order valence-corrected chi connectivity index (χ0v) is 10.1. The Balaban J connectivity index is 2.80. The molecule has 0 spiro atoms. The number of hydrogen-bond acceptors (Lipinski definition) is 3. The lowest BCUT2D eigenvalue weighted by Crippen LogP contribution is -2.43. The van der Waals surface area contributed by atoms with E-state index >= 15 is 0 Å². The van der Waals surface area contributed by atoms with Crippen molar-refractivity contribution < 1.29 is 16.0 Å². The van der Waals surface area contributed by atoms with Crippen LogP contribution in [0.2, 0.25) is 0 Å². The normalized spacial score (nSPS) is 31.1. The van der Waals surface area contributed by atoms with Gasteiger partial charge in [0.25, 0.3) is 0 Å². The summed E-state index contributed by atoms with van der Waals surface area (Å²) in [5, 5.41) is 9.85. The third-order valence-corrected chi connectivity index (χ3v) is 2.56. The van der Waals surface area contributed by atoms with Gasteiger partial charge in [0.05, 0.1) is 0 Å². The predicted molar refractivity (Wildman–Crippen MR) is 61.8 cm³/mol. The number of aliphatic hydroxyl groups is 1. The summed E-state index contributed by atoms with van der Waals surface area (Å²) in [6.07, 6.45) is 0.661. The third kappa shape index (κ3) is 2.76. The van der Waals surface area contributed by atoms with Gasteiger partial charge in [-0.15, -0.1) is 6.58 Å². The molecule has 0 aromatic heterocycles. The van der Waals surface area contributed by atoms with E-state index in [4.69, 9.17) is 6.11 Å². The van der Waals surface area contributed by atoms with Crippen LogP contribution in [0.5, 0.6) is 0 Å². The SMILES string of the molecule is [3H]C[C@@H]1[C@@H](C=C)CC(O)N1C(=O)OC(C)(C)C. The van der Waals surface area contributed by atoms with Gasteiger partial charge < -0.3 is 9.84 Å². The van der Waals surface area contributed by atoms with Crippen LogP contribution in [0, 0.1) is 5.92 Å². The first kappa shape index (κ1) is 11.5. The second-order valence-electron chi connectivity index (χ2n) is 5.07. The molecule has 4 nitrogen and oxygen atoms in total. The topological polar surface area (TPSA) is 49.8 Å². The first-order chi connectivity index (χ1) is 7.80. The second kappa shape index (κ2) is 4.45. The van der Waals surface area contributed by atoms with E-state index in [0.29, 0.717) is 6.42 Å². The molecule has 3 atom stereocenters. The second-order valence-corrected chi connectivity index (χ2v) is 5.07. The van der Waals surface area contributed by atoms with Gasteiger partial charge in [0.15, 0.2) is 0 Å². The number of aliphatic hydroxyl groups excluding tert-OH is 1. The van der Waals surface area contributed by atoms with E-state index in [1.54, 1.807) is 26.8 Å². The monoisotopic (exact) mass is 229 g/mol. The zero-order chi connectivity index (χ0) is 13.2. The summed E-state index contributed by atoms with van der Waals surface area (Å²) in [6, 6.07) is -0.350. The maximum Gasteiger partial charge on any atom is 0.412 e. The van der Waals surface area contributed by atoms with Gasteiger partial charge in [0.2, 0.25) is 0 Å². The van der Waals surface area contributed by atoms with Crippen molar-refractivity contribution in [1.29, 1.82) is 0 Å². The summed E-state index contributed by atoms with van der Waals surface area (Å²) in [5.41, 5.74) is -0.602. The van der Waals surface area contributed by atoms with E-state index in [1.165, 1.54) is 4.90 Å². The van der Waals surface area contributed by atoms with E-state index < -0.39 is 17.9 Å². The molecule has 0 aromatic rings. The average molecular weight is 229 g/mol. The maximum absolute atomic E-state index is 11.9. The molecular formula is C12H21NO3. The number of carbonyl (C=O) groups excluding carboxylic acids is 1. The summed E-state index contributed by atoms with van der Waals surface area (Å²) in [7, 11) is 0. The van der Waals surface area contributed by atoms with Gasteiger partial charge in [-0.25, -0.2) is 4.79 Å². The molecule has 1 fully saturated rings. The number of carbonyl (C=O) groups is 1. The van der Waals surface area contributed by atoms with Crippen LogP contribution in [-0.2, 0) is 4.74 Å². The molecule has 0 saturated carbocycles. The van der Waals surface area contributed by atoms with Crippen molar-refractivity contribution in [2.45, 2.75) is 52.0 Å². The Morgan fingerprint density at radius 1 is 1.69 bits per heavy atom. The molecule has 0 bridgehead atoms. The molecular weight excluding hydrogens is 206 g/mol. The minimum absolute atomic E-state index is 0.0347. The third-order valence-electron chi connectivity index (χ3n) is 2.56. The van der Waals surface area contributed by atoms with Crippen LogP contribution < -0.4 is 0 Å². The molecule has 1 aliphatic rings. The molecule has 0 aliphatic carbocycles. The lowest BCUT2D eigenvalue weighted by atomic mass is 10.0. The summed E-state index contributed by atoms with van der Waals surface area (Å²) in [6.45, 7) is 9.02. The van der Waals surface area contributed by atoms with Gasteiger partial charge in [-0.1, -0.05) is 6.08 Å². The highest BCUT2D eigenvalue weighted by atomic mass is 16.6.